The van der Waals surface area contributed by atoms with Gasteiger partial charge in [-0.3, -0.25) is 0 Å². The zero-order valence-electron chi connectivity index (χ0n) is 9.09. The minimum Gasteiger partial charge on any atom is -0.496 e. The molecule has 4 heteroatoms. The third-order valence-corrected chi connectivity index (χ3v) is 2.47. The Morgan fingerprint density at radius 2 is 2.19 bits per heavy atom. The molecule has 2 rings (SSSR count). The van der Waals surface area contributed by atoms with Crippen LogP contribution in [0.1, 0.15) is 17.3 Å². The van der Waals surface area contributed by atoms with E-state index in [4.69, 9.17) is 15.0 Å². The zero-order valence-corrected chi connectivity index (χ0v) is 9.09. The maximum atomic E-state index is 6.02. The molecule has 1 heterocycles. The molecule has 84 valence electrons. The number of para-hydroxylation sites is 1. The van der Waals surface area contributed by atoms with E-state index in [0.29, 0.717) is 6.42 Å². The van der Waals surface area contributed by atoms with E-state index in [1.54, 1.807) is 13.2 Å². The van der Waals surface area contributed by atoms with E-state index in [0.717, 1.165) is 17.0 Å². The van der Waals surface area contributed by atoms with Crippen molar-refractivity contribution in [1.82, 2.24) is 5.16 Å². The molecule has 2 aromatic rings. The van der Waals surface area contributed by atoms with Crippen LogP contribution in [0.4, 0.5) is 0 Å². The first-order chi connectivity index (χ1) is 7.81. The summed E-state index contributed by atoms with van der Waals surface area (Å²) in [6, 6.07) is 9.43. The molecule has 1 unspecified atom stereocenters. The van der Waals surface area contributed by atoms with E-state index in [1.165, 1.54) is 6.26 Å². The van der Waals surface area contributed by atoms with Crippen molar-refractivity contribution in [3.63, 3.8) is 0 Å². The summed E-state index contributed by atoms with van der Waals surface area (Å²) in [5, 5.41) is 3.83. The summed E-state index contributed by atoms with van der Waals surface area (Å²) in [6.45, 7) is 0. The van der Waals surface area contributed by atoms with Gasteiger partial charge in [0.05, 0.1) is 13.2 Å². The summed E-state index contributed by atoms with van der Waals surface area (Å²) in [6.07, 6.45) is 2.20. The van der Waals surface area contributed by atoms with Gasteiger partial charge in [0.2, 0.25) is 0 Å². The number of nitrogens with two attached hydrogens (primary N) is 1. The lowest BCUT2D eigenvalue weighted by Crippen LogP contribution is -2.14. The third kappa shape index (κ3) is 2.23. The van der Waals surface area contributed by atoms with E-state index in [2.05, 4.69) is 5.16 Å². The van der Waals surface area contributed by atoms with Crippen LogP contribution in [0.3, 0.4) is 0 Å². The molecule has 2 N–H and O–H groups in total. The molecule has 0 spiro atoms. The molecule has 0 aliphatic heterocycles. The highest BCUT2D eigenvalue weighted by Crippen LogP contribution is 2.22. The van der Waals surface area contributed by atoms with E-state index in [1.807, 2.05) is 24.3 Å². The predicted octanol–water partition coefficient (Wildman–Crippen LogP) is 1.93. The first-order valence-corrected chi connectivity index (χ1v) is 5.09. The molecule has 1 atom stereocenters. The zero-order chi connectivity index (χ0) is 11.4. The normalized spacial score (nSPS) is 12.4. The minimum absolute atomic E-state index is 0.171. The highest BCUT2D eigenvalue weighted by molar-refractivity contribution is 5.34. The molecule has 0 amide bonds. The molecule has 0 bridgehead atoms. The fraction of sp³-hybridized carbons (Fsp3) is 0.250. The van der Waals surface area contributed by atoms with Gasteiger partial charge in [0, 0.05) is 6.07 Å². The SMILES string of the molecule is COc1ccccc1CC(N)c1ccon1. The Morgan fingerprint density at radius 1 is 1.38 bits per heavy atom. The number of aromatic nitrogens is 1. The Bertz CT molecular complexity index is 440. The Labute approximate surface area is 94.0 Å². The number of rotatable bonds is 4. The van der Waals surface area contributed by atoms with Gasteiger partial charge in [-0.05, 0) is 18.1 Å². The second-order valence-electron chi connectivity index (χ2n) is 3.55. The largest absolute Gasteiger partial charge is 0.496 e. The van der Waals surface area contributed by atoms with Crippen LogP contribution in [0.15, 0.2) is 41.1 Å². The maximum Gasteiger partial charge on any atom is 0.124 e. The first kappa shape index (κ1) is 10.7. The molecule has 0 fully saturated rings. The van der Waals surface area contributed by atoms with Gasteiger partial charge in [0.1, 0.15) is 17.7 Å². The molecule has 0 saturated carbocycles. The Balaban J connectivity index is 2.14. The van der Waals surface area contributed by atoms with Gasteiger partial charge in [-0.1, -0.05) is 23.4 Å². The van der Waals surface area contributed by atoms with Gasteiger partial charge < -0.3 is 15.0 Å². The number of hydrogen-bond acceptors (Lipinski definition) is 4. The van der Waals surface area contributed by atoms with Gasteiger partial charge in [0.25, 0.3) is 0 Å². The van der Waals surface area contributed by atoms with Crippen LogP contribution in [-0.2, 0) is 6.42 Å². The second kappa shape index (κ2) is 4.81. The lowest BCUT2D eigenvalue weighted by molar-refractivity contribution is 0.399. The van der Waals surface area contributed by atoms with Gasteiger partial charge in [-0.15, -0.1) is 0 Å². The summed E-state index contributed by atoms with van der Waals surface area (Å²) in [5.41, 5.74) is 7.84. The molecule has 1 aromatic carbocycles. The Kier molecular flexibility index (Phi) is 3.22. The average molecular weight is 218 g/mol. The molecule has 4 nitrogen and oxygen atoms in total. The van der Waals surface area contributed by atoms with Crippen molar-refractivity contribution < 1.29 is 9.26 Å². The highest BCUT2D eigenvalue weighted by Gasteiger charge is 2.12. The summed E-state index contributed by atoms with van der Waals surface area (Å²) in [4.78, 5) is 0. The van der Waals surface area contributed by atoms with Gasteiger partial charge in [0.15, 0.2) is 0 Å². The molecule has 0 saturated heterocycles. The topological polar surface area (TPSA) is 61.3 Å². The fourth-order valence-corrected chi connectivity index (χ4v) is 1.63. The van der Waals surface area contributed by atoms with Crippen LogP contribution >= 0.6 is 0 Å². The van der Waals surface area contributed by atoms with Crippen molar-refractivity contribution >= 4 is 0 Å². The lowest BCUT2D eigenvalue weighted by atomic mass is 10.0. The number of nitrogens with zero attached hydrogens (tertiary/aromatic N) is 1. The molecular weight excluding hydrogens is 204 g/mol. The van der Waals surface area contributed by atoms with Crippen LogP contribution < -0.4 is 10.5 Å². The molecular formula is C12H14N2O2. The highest BCUT2D eigenvalue weighted by atomic mass is 16.5. The predicted molar refractivity (Wildman–Crippen MR) is 60.1 cm³/mol. The molecule has 0 aliphatic rings. The van der Waals surface area contributed by atoms with Crippen LogP contribution in [0.5, 0.6) is 5.75 Å². The quantitative estimate of drug-likeness (QED) is 0.851. The van der Waals surface area contributed by atoms with E-state index < -0.39 is 0 Å². The molecule has 0 aliphatic carbocycles. The van der Waals surface area contributed by atoms with Gasteiger partial charge in [-0.2, -0.15) is 0 Å². The van der Waals surface area contributed by atoms with Crippen molar-refractivity contribution in [1.29, 1.82) is 0 Å². The number of benzene rings is 1. The second-order valence-corrected chi connectivity index (χ2v) is 3.55. The van der Waals surface area contributed by atoms with Crippen molar-refractivity contribution in [2.24, 2.45) is 5.73 Å². The Morgan fingerprint density at radius 3 is 2.88 bits per heavy atom. The van der Waals surface area contributed by atoms with Gasteiger partial charge in [-0.25, -0.2) is 0 Å². The minimum atomic E-state index is -0.171. The van der Waals surface area contributed by atoms with E-state index in [-0.39, 0.29) is 6.04 Å². The van der Waals surface area contributed by atoms with Crippen molar-refractivity contribution in [2.45, 2.75) is 12.5 Å². The summed E-state index contributed by atoms with van der Waals surface area (Å²) >= 11 is 0. The monoisotopic (exact) mass is 218 g/mol. The van der Waals surface area contributed by atoms with Crippen LogP contribution in [-0.4, -0.2) is 12.3 Å². The molecule has 1 aromatic heterocycles. The number of hydrogen-bond donors (Lipinski definition) is 1. The first-order valence-electron chi connectivity index (χ1n) is 5.09. The average Bonchev–Trinajstić information content (AvgIpc) is 2.83. The van der Waals surface area contributed by atoms with E-state index in [9.17, 15) is 0 Å². The van der Waals surface area contributed by atoms with Gasteiger partial charge >= 0.3 is 0 Å². The summed E-state index contributed by atoms with van der Waals surface area (Å²) in [7, 11) is 1.65. The van der Waals surface area contributed by atoms with E-state index >= 15 is 0 Å². The number of ether oxygens (including phenoxy) is 1. The van der Waals surface area contributed by atoms with Crippen molar-refractivity contribution in [3.05, 3.63) is 47.9 Å². The van der Waals surface area contributed by atoms with Crippen molar-refractivity contribution in [3.8, 4) is 5.75 Å². The Hall–Kier alpha value is -1.81. The molecule has 0 radical (unpaired) electrons. The smallest absolute Gasteiger partial charge is 0.124 e. The number of methoxy groups -OCH3 is 1. The van der Waals surface area contributed by atoms with Crippen LogP contribution in [0.25, 0.3) is 0 Å². The third-order valence-electron chi connectivity index (χ3n) is 2.47. The molecule has 16 heavy (non-hydrogen) atoms. The summed E-state index contributed by atoms with van der Waals surface area (Å²) < 4.78 is 10.0. The fourth-order valence-electron chi connectivity index (χ4n) is 1.63. The maximum absolute atomic E-state index is 6.02. The van der Waals surface area contributed by atoms with Crippen LogP contribution in [0, 0.1) is 0 Å². The summed E-state index contributed by atoms with van der Waals surface area (Å²) in [5.74, 6) is 0.849. The van der Waals surface area contributed by atoms with Crippen molar-refractivity contribution in [2.75, 3.05) is 7.11 Å². The lowest BCUT2D eigenvalue weighted by Gasteiger charge is -2.11. The van der Waals surface area contributed by atoms with Crippen LogP contribution in [0.2, 0.25) is 0 Å². The standard InChI is InChI=1S/C12H14N2O2/c1-15-12-5-3-2-4-9(12)8-10(13)11-6-7-16-14-11/h2-7,10H,8,13H2,1H3.